The highest BCUT2D eigenvalue weighted by molar-refractivity contribution is 5.22. The maximum atomic E-state index is 11.2. The summed E-state index contributed by atoms with van der Waals surface area (Å²) in [5, 5.41) is 0. The number of nitrogens with zero attached hydrogens (tertiary/aromatic N) is 3. The fourth-order valence-electron chi connectivity index (χ4n) is 1.22. The minimum Gasteiger partial charge on any atom is -0.331 e. The predicted molar refractivity (Wildman–Crippen MR) is 54.0 cm³/mol. The van der Waals surface area contributed by atoms with Crippen LogP contribution in [0.15, 0.2) is 29.6 Å². The molecule has 0 atom stereocenters. The van der Waals surface area contributed by atoms with Crippen LogP contribution >= 0.6 is 0 Å². The van der Waals surface area contributed by atoms with Gasteiger partial charge in [-0.15, -0.1) is 0 Å². The molecule has 0 aromatic carbocycles. The normalized spacial score (nSPS) is 10.2. The van der Waals surface area contributed by atoms with Crippen LogP contribution in [0.4, 0.5) is 5.95 Å². The first-order chi connectivity index (χ1) is 7.28. The van der Waals surface area contributed by atoms with E-state index in [9.17, 15) is 4.79 Å². The lowest BCUT2D eigenvalue weighted by molar-refractivity contribution is 0.767. The number of nitrogens with two attached hydrogens (primary N) is 1. The maximum absolute atomic E-state index is 11.2. The van der Waals surface area contributed by atoms with Gasteiger partial charge in [-0.1, -0.05) is 0 Å². The van der Waals surface area contributed by atoms with Crippen LogP contribution in [0.3, 0.4) is 0 Å². The summed E-state index contributed by atoms with van der Waals surface area (Å²) in [4.78, 5) is 21.6. The molecule has 7 heteroatoms. The maximum Gasteiger partial charge on any atom is 0.252 e. The van der Waals surface area contributed by atoms with Crippen LogP contribution in [0.25, 0.3) is 0 Å². The van der Waals surface area contributed by atoms with E-state index < -0.39 is 0 Å². The second-order valence-corrected chi connectivity index (χ2v) is 2.96. The van der Waals surface area contributed by atoms with E-state index >= 15 is 0 Å². The van der Waals surface area contributed by atoms with Crippen molar-refractivity contribution in [1.82, 2.24) is 19.5 Å². The van der Waals surface area contributed by atoms with Crippen molar-refractivity contribution in [1.29, 1.82) is 0 Å². The first-order valence-electron chi connectivity index (χ1n) is 4.30. The number of H-pyrrole nitrogens is 1. The lowest BCUT2D eigenvalue weighted by Gasteiger charge is -2.03. The van der Waals surface area contributed by atoms with Crippen molar-refractivity contribution >= 4 is 5.95 Å². The molecule has 0 aliphatic rings. The van der Waals surface area contributed by atoms with Gasteiger partial charge in [0.05, 0.1) is 18.6 Å². The van der Waals surface area contributed by atoms with E-state index in [1.807, 2.05) is 4.57 Å². The van der Waals surface area contributed by atoms with Crippen molar-refractivity contribution in [2.45, 2.75) is 6.54 Å². The van der Waals surface area contributed by atoms with Crippen molar-refractivity contribution in [3.8, 4) is 0 Å². The summed E-state index contributed by atoms with van der Waals surface area (Å²) in [6.45, 7) is 0.485. The molecule has 0 saturated carbocycles. The zero-order valence-corrected chi connectivity index (χ0v) is 7.84. The van der Waals surface area contributed by atoms with Gasteiger partial charge in [-0.2, -0.15) is 0 Å². The summed E-state index contributed by atoms with van der Waals surface area (Å²) in [5.41, 5.74) is 2.67. The molecule has 15 heavy (non-hydrogen) atoms. The van der Waals surface area contributed by atoms with Crippen molar-refractivity contribution in [2.75, 3.05) is 5.43 Å². The van der Waals surface area contributed by atoms with Crippen LogP contribution < -0.4 is 16.8 Å². The molecule has 0 unspecified atom stereocenters. The summed E-state index contributed by atoms with van der Waals surface area (Å²) in [7, 11) is 0. The smallest absolute Gasteiger partial charge is 0.252 e. The molecular formula is C8H10N6O. The third-order valence-electron chi connectivity index (χ3n) is 1.84. The molecule has 0 fully saturated rings. The van der Waals surface area contributed by atoms with Crippen LogP contribution in [0.1, 0.15) is 5.69 Å². The Hall–Kier alpha value is -2.15. The van der Waals surface area contributed by atoms with Crippen LogP contribution in [-0.4, -0.2) is 19.5 Å². The first-order valence-corrected chi connectivity index (χ1v) is 4.30. The summed E-state index contributed by atoms with van der Waals surface area (Å²) in [6, 6.07) is 1.42. The Morgan fingerprint density at radius 2 is 2.47 bits per heavy atom. The number of hydrazine groups is 1. The molecule has 7 nitrogen and oxygen atoms in total. The number of anilines is 1. The topological polar surface area (TPSA) is 102 Å². The second kappa shape index (κ2) is 3.93. The number of nitrogen functional groups attached to an aromatic ring is 1. The molecule has 0 bridgehead atoms. The van der Waals surface area contributed by atoms with Gasteiger partial charge in [-0.25, -0.2) is 15.8 Å². The van der Waals surface area contributed by atoms with Gasteiger partial charge in [-0.05, 0) is 0 Å². The number of aromatic nitrogens is 4. The molecular weight excluding hydrogens is 196 g/mol. The van der Waals surface area contributed by atoms with Gasteiger partial charge in [-0.3, -0.25) is 15.2 Å². The Morgan fingerprint density at radius 3 is 3.13 bits per heavy atom. The van der Waals surface area contributed by atoms with Crippen LogP contribution in [0, 0.1) is 0 Å². The quantitative estimate of drug-likeness (QED) is 0.455. The number of imidazole rings is 1. The zero-order chi connectivity index (χ0) is 10.7. The molecule has 0 amide bonds. The van der Waals surface area contributed by atoms with E-state index in [1.165, 1.54) is 6.07 Å². The Balaban J connectivity index is 2.28. The molecule has 0 spiro atoms. The van der Waals surface area contributed by atoms with E-state index in [2.05, 4.69) is 20.4 Å². The minimum absolute atomic E-state index is 0.243. The molecule has 2 rings (SSSR count). The molecule has 0 saturated heterocycles. The van der Waals surface area contributed by atoms with E-state index in [0.717, 1.165) is 0 Å². The summed E-state index contributed by atoms with van der Waals surface area (Å²) in [5.74, 6) is 5.41. The van der Waals surface area contributed by atoms with Gasteiger partial charge in [0, 0.05) is 18.5 Å². The summed E-state index contributed by atoms with van der Waals surface area (Å²) < 4.78 is 1.81. The van der Waals surface area contributed by atoms with Gasteiger partial charge < -0.3 is 4.57 Å². The molecule has 4 N–H and O–H groups in total. The fourth-order valence-corrected chi connectivity index (χ4v) is 1.22. The molecule has 2 aromatic heterocycles. The first kappa shape index (κ1) is 9.41. The minimum atomic E-state index is -0.243. The van der Waals surface area contributed by atoms with Gasteiger partial charge in [0.15, 0.2) is 0 Å². The Labute approximate surface area is 85.0 Å². The third kappa shape index (κ3) is 2.20. The van der Waals surface area contributed by atoms with Gasteiger partial charge >= 0.3 is 0 Å². The molecule has 2 aromatic rings. The predicted octanol–water partition coefficient (Wildman–Crippen LogP) is -0.700. The van der Waals surface area contributed by atoms with Gasteiger partial charge in [0.25, 0.3) is 5.56 Å². The highest BCUT2D eigenvalue weighted by Crippen LogP contribution is 1.98. The summed E-state index contributed by atoms with van der Waals surface area (Å²) in [6.07, 6.45) is 5.10. The number of rotatable bonds is 3. The number of hydrogen-bond acceptors (Lipinski definition) is 5. The Kier molecular flexibility index (Phi) is 2.46. The van der Waals surface area contributed by atoms with Crippen LogP contribution in [-0.2, 0) is 6.54 Å². The highest BCUT2D eigenvalue weighted by Gasteiger charge is 2.00. The van der Waals surface area contributed by atoms with Crippen LogP contribution in [0.5, 0.6) is 0 Å². The van der Waals surface area contributed by atoms with Gasteiger partial charge in [0.2, 0.25) is 5.95 Å². The summed E-state index contributed by atoms with van der Waals surface area (Å²) >= 11 is 0. The Bertz CT molecular complexity index is 488. The van der Waals surface area contributed by atoms with Crippen molar-refractivity contribution in [3.05, 3.63) is 40.8 Å². The largest absolute Gasteiger partial charge is 0.331 e. The SMILES string of the molecule is NNc1nc(Cn2ccnc2)cc(=O)[nH]1. The standard InChI is InChI=1S/C8H10N6O/c9-13-8-11-6(3-7(15)12-8)4-14-2-1-10-5-14/h1-3,5H,4,9H2,(H2,11,12,13,15). The molecule has 0 aliphatic heterocycles. The van der Waals surface area contributed by atoms with E-state index in [1.54, 1.807) is 18.7 Å². The van der Waals surface area contributed by atoms with E-state index in [4.69, 9.17) is 5.84 Å². The lowest BCUT2D eigenvalue weighted by Crippen LogP contribution is -2.18. The molecule has 0 aliphatic carbocycles. The fraction of sp³-hybridized carbons (Fsp3) is 0.125. The highest BCUT2D eigenvalue weighted by atomic mass is 16.1. The van der Waals surface area contributed by atoms with Crippen molar-refractivity contribution in [3.63, 3.8) is 0 Å². The molecule has 78 valence electrons. The number of nitrogens with one attached hydrogen (secondary N) is 2. The number of aromatic amines is 1. The lowest BCUT2D eigenvalue weighted by atomic mass is 10.4. The molecule has 0 radical (unpaired) electrons. The average Bonchev–Trinajstić information content (AvgIpc) is 2.69. The third-order valence-corrected chi connectivity index (χ3v) is 1.84. The number of hydrogen-bond donors (Lipinski definition) is 3. The molecule has 2 heterocycles. The monoisotopic (exact) mass is 206 g/mol. The van der Waals surface area contributed by atoms with Crippen LogP contribution in [0.2, 0.25) is 0 Å². The van der Waals surface area contributed by atoms with E-state index in [-0.39, 0.29) is 11.5 Å². The Morgan fingerprint density at radius 1 is 1.60 bits per heavy atom. The van der Waals surface area contributed by atoms with E-state index in [0.29, 0.717) is 12.2 Å². The van der Waals surface area contributed by atoms with Gasteiger partial charge in [0.1, 0.15) is 0 Å². The zero-order valence-electron chi connectivity index (χ0n) is 7.84. The van der Waals surface area contributed by atoms with Crippen molar-refractivity contribution in [2.24, 2.45) is 5.84 Å². The van der Waals surface area contributed by atoms with Crippen molar-refractivity contribution < 1.29 is 0 Å². The second-order valence-electron chi connectivity index (χ2n) is 2.96. The average molecular weight is 206 g/mol.